The van der Waals surface area contributed by atoms with Crippen molar-refractivity contribution < 1.29 is 9.21 Å². The summed E-state index contributed by atoms with van der Waals surface area (Å²) in [5.74, 6) is 0.440. The molecule has 0 atom stereocenters. The van der Waals surface area contributed by atoms with Crippen LogP contribution in [0.4, 0.5) is 0 Å². The largest absolute Gasteiger partial charge is 0.459 e. The van der Waals surface area contributed by atoms with E-state index in [0.29, 0.717) is 17.8 Å². The van der Waals surface area contributed by atoms with E-state index in [9.17, 15) is 4.79 Å². The van der Waals surface area contributed by atoms with Crippen molar-refractivity contribution in [3.8, 4) is 0 Å². The molecule has 1 heterocycles. The third-order valence-electron chi connectivity index (χ3n) is 3.67. The van der Waals surface area contributed by atoms with Crippen LogP contribution >= 0.6 is 0 Å². The highest BCUT2D eigenvalue weighted by Gasteiger charge is 2.27. The molecule has 0 bridgehead atoms. The normalized spacial score (nSPS) is 24.6. The molecule has 1 saturated carbocycles. The predicted octanol–water partition coefficient (Wildman–Crippen LogP) is 1.93. The van der Waals surface area contributed by atoms with E-state index in [2.05, 4.69) is 0 Å². The van der Waals surface area contributed by atoms with E-state index in [0.717, 1.165) is 31.2 Å². The van der Waals surface area contributed by atoms with Gasteiger partial charge in [0.15, 0.2) is 5.76 Å². The van der Waals surface area contributed by atoms with Crippen LogP contribution in [0.3, 0.4) is 0 Å². The van der Waals surface area contributed by atoms with Gasteiger partial charge >= 0.3 is 0 Å². The molecular weight excluding hydrogens is 216 g/mol. The Balaban J connectivity index is 2.03. The first-order chi connectivity index (χ1) is 8.09. The SMILES string of the molecule is Cc1ccoc1C(=O)N(C)C1CCC(N)CC1. The van der Waals surface area contributed by atoms with Gasteiger partial charge in [-0.2, -0.15) is 0 Å². The van der Waals surface area contributed by atoms with Crippen LogP contribution < -0.4 is 5.73 Å². The van der Waals surface area contributed by atoms with Gasteiger partial charge in [0.25, 0.3) is 5.91 Å². The lowest BCUT2D eigenvalue weighted by molar-refractivity contribution is 0.0657. The van der Waals surface area contributed by atoms with Gasteiger partial charge in [0.2, 0.25) is 0 Å². The molecular formula is C13H20N2O2. The lowest BCUT2D eigenvalue weighted by atomic mass is 9.91. The molecule has 4 heteroatoms. The summed E-state index contributed by atoms with van der Waals surface area (Å²) >= 11 is 0. The average Bonchev–Trinajstić information content (AvgIpc) is 2.74. The van der Waals surface area contributed by atoms with Crippen LogP contribution in [0.1, 0.15) is 41.8 Å². The van der Waals surface area contributed by atoms with Gasteiger partial charge in [-0.25, -0.2) is 0 Å². The summed E-state index contributed by atoms with van der Waals surface area (Å²) in [5.41, 5.74) is 6.77. The van der Waals surface area contributed by atoms with E-state index < -0.39 is 0 Å². The van der Waals surface area contributed by atoms with E-state index in [-0.39, 0.29) is 5.91 Å². The number of aryl methyl sites for hydroxylation is 1. The Morgan fingerprint density at radius 1 is 1.41 bits per heavy atom. The molecule has 1 aliphatic rings. The molecule has 4 nitrogen and oxygen atoms in total. The fraction of sp³-hybridized carbons (Fsp3) is 0.615. The van der Waals surface area contributed by atoms with Gasteiger partial charge in [-0.1, -0.05) is 0 Å². The van der Waals surface area contributed by atoms with E-state index in [1.165, 1.54) is 0 Å². The highest BCUT2D eigenvalue weighted by molar-refractivity contribution is 5.92. The lowest BCUT2D eigenvalue weighted by Gasteiger charge is -2.33. The zero-order valence-electron chi connectivity index (χ0n) is 10.5. The fourth-order valence-electron chi connectivity index (χ4n) is 2.41. The molecule has 0 radical (unpaired) electrons. The molecule has 0 spiro atoms. The maximum absolute atomic E-state index is 12.2. The van der Waals surface area contributed by atoms with Gasteiger partial charge in [-0.05, 0) is 38.7 Å². The first-order valence-electron chi connectivity index (χ1n) is 6.16. The summed E-state index contributed by atoms with van der Waals surface area (Å²) in [7, 11) is 1.85. The van der Waals surface area contributed by atoms with Crippen LogP contribution in [0, 0.1) is 6.92 Å². The van der Waals surface area contributed by atoms with E-state index >= 15 is 0 Å². The number of nitrogens with two attached hydrogens (primary N) is 1. The Kier molecular flexibility index (Phi) is 3.52. The van der Waals surface area contributed by atoms with Crippen LogP contribution in [-0.4, -0.2) is 29.9 Å². The number of hydrogen-bond acceptors (Lipinski definition) is 3. The van der Waals surface area contributed by atoms with Crippen molar-refractivity contribution in [2.75, 3.05) is 7.05 Å². The van der Waals surface area contributed by atoms with Crippen LogP contribution in [-0.2, 0) is 0 Å². The molecule has 1 fully saturated rings. The van der Waals surface area contributed by atoms with Gasteiger partial charge in [0.05, 0.1) is 6.26 Å². The monoisotopic (exact) mass is 236 g/mol. The first-order valence-corrected chi connectivity index (χ1v) is 6.16. The minimum absolute atomic E-state index is 0.0204. The van der Waals surface area contributed by atoms with Crippen LogP contribution in [0.5, 0.6) is 0 Å². The zero-order chi connectivity index (χ0) is 12.4. The highest BCUT2D eigenvalue weighted by atomic mass is 16.3. The highest BCUT2D eigenvalue weighted by Crippen LogP contribution is 2.23. The van der Waals surface area contributed by atoms with Crippen LogP contribution in [0.25, 0.3) is 0 Å². The maximum Gasteiger partial charge on any atom is 0.289 e. The van der Waals surface area contributed by atoms with Gasteiger partial charge < -0.3 is 15.1 Å². The van der Waals surface area contributed by atoms with Crippen molar-refractivity contribution in [1.29, 1.82) is 0 Å². The van der Waals surface area contributed by atoms with Gasteiger partial charge in [-0.3, -0.25) is 4.79 Å². The van der Waals surface area contributed by atoms with Crippen molar-refractivity contribution in [3.05, 3.63) is 23.7 Å². The van der Waals surface area contributed by atoms with Crippen molar-refractivity contribution in [1.82, 2.24) is 4.90 Å². The molecule has 17 heavy (non-hydrogen) atoms. The molecule has 94 valence electrons. The molecule has 0 aliphatic heterocycles. The molecule has 1 aromatic rings. The summed E-state index contributed by atoms with van der Waals surface area (Å²) in [6.45, 7) is 1.89. The third-order valence-corrected chi connectivity index (χ3v) is 3.67. The van der Waals surface area contributed by atoms with E-state index in [1.54, 1.807) is 11.2 Å². The molecule has 0 saturated heterocycles. The van der Waals surface area contributed by atoms with Crippen LogP contribution in [0.2, 0.25) is 0 Å². The van der Waals surface area contributed by atoms with Crippen molar-refractivity contribution in [2.45, 2.75) is 44.7 Å². The summed E-state index contributed by atoms with van der Waals surface area (Å²) in [5, 5.41) is 0. The number of rotatable bonds is 2. The smallest absolute Gasteiger partial charge is 0.289 e. The number of carbonyl (C=O) groups excluding carboxylic acids is 1. The Labute approximate surface area is 102 Å². The molecule has 1 amide bonds. The fourth-order valence-corrected chi connectivity index (χ4v) is 2.41. The molecule has 1 aromatic heterocycles. The van der Waals surface area contributed by atoms with Gasteiger partial charge in [-0.15, -0.1) is 0 Å². The predicted molar refractivity (Wildman–Crippen MR) is 65.8 cm³/mol. The Hall–Kier alpha value is -1.29. The minimum Gasteiger partial charge on any atom is -0.459 e. The van der Waals surface area contributed by atoms with Crippen molar-refractivity contribution in [3.63, 3.8) is 0 Å². The molecule has 0 aromatic carbocycles. The summed E-state index contributed by atoms with van der Waals surface area (Å²) in [4.78, 5) is 14.0. The standard InChI is InChI=1S/C13H20N2O2/c1-9-7-8-17-12(9)13(16)15(2)11-5-3-10(14)4-6-11/h7-8,10-11H,3-6,14H2,1-2H3. The maximum atomic E-state index is 12.2. The van der Waals surface area contributed by atoms with Crippen LogP contribution in [0.15, 0.2) is 16.7 Å². The first kappa shape index (κ1) is 12.2. The second-order valence-electron chi connectivity index (χ2n) is 4.92. The molecule has 2 N–H and O–H groups in total. The Bertz CT molecular complexity index is 392. The quantitative estimate of drug-likeness (QED) is 0.853. The second-order valence-corrected chi connectivity index (χ2v) is 4.92. The summed E-state index contributed by atoms with van der Waals surface area (Å²) in [6.07, 6.45) is 5.54. The number of carbonyl (C=O) groups is 1. The Morgan fingerprint density at radius 3 is 2.59 bits per heavy atom. The zero-order valence-corrected chi connectivity index (χ0v) is 10.5. The lowest BCUT2D eigenvalue weighted by Crippen LogP contribution is -2.41. The Morgan fingerprint density at radius 2 is 2.06 bits per heavy atom. The molecule has 2 rings (SSSR count). The molecule has 1 aliphatic carbocycles. The third kappa shape index (κ3) is 2.52. The van der Waals surface area contributed by atoms with Gasteiger partial charge in [0.1, 0.15) is 0 Å². The number of nitrogens with zero attached hydrogens (tertiary/aromatic N) is 1. The summed E-state index contributed by atoms with van der Waals surface area (Å²) < 4.78 is 5.24. The topological polar surface area (TPSA) is 59.5 Å². The van der Waals surface area contributed by atoms with E-state index in [4.69, 9.17) is 10.2 Å². The number of furan rings is 1. The average molecular weight is 236 g/mol. The summed E-state index contributed by atoms with van der Waals surface area (Å²) in [6, 6.07) is 2.42. The van der Waals surface area contributed by atoms with Crippen molar-refractivity contribution >= 4 is 5.91 Å². The molecule has 0 unspecified atom stereocenters. The van der Waals surface area contributed by atoms with Crippen molar-refractivity contribution in [2.24, 2.45) is 5.73 Å². The van der Waals surface area contributed by atoms with E-state index in [1.807, 2.05) is 20.0 Å². The second kappa shape index (κ2) is 4.92. The van der Waals surface area contributed by atoms with Gasteiger partial charge in [0, 0.05) is 24.7 Å². The number of amides is 1. The number of hydrogen-bond donors (Lipinski definition) is 1. The minimum atomic E-state index is -0.0204.